The molecule has 0 radical (unpaired) electrons. The van der Waals surface area contributed by atoms with Gasteiger partial charge in [0.1, 0.15) is 47.5 Å². The number of hydrogen-bond donors (Lipinski definition) is 0. The Hall–Kier alpha value is -5.24. The highest BCUT2D eigenvalue weighted by Gasteiger charge is 2.28. The van der Waals surface area contributed by atoms with E-state index in [1.165, 1.54) is 0 Å². The van der Waals surface area contributed by atoms with Crippen LogP contribution in [0.1, 0.15) is 11.4 Å². The molecular formula is C30H20N6O2. The van der Waals surface area contributed by atoms with E-state index in [0.717, 1.165) is 67.9 Å². The number of nitrogens with zero attached hydrogens (tertiary/aromatic N) is 6. The Morgan fingerprint density at radius 3 is 1.34 bits per heavy atom. The first-order valence-corrected chi connectivity index (χ1v) is 12.4. The molecule has 0 unspecified atom stereocenters. The zero-order chi connectivity index (χ0) is 25.1. The van der Waals surface area contributed by atoms with Crippen LogP contribution in [0.3, 0.4) is 0 Å². The Kier molecular flexibility index (Phi) is 4.48. The third-order valence-electron chi connectivity index (χ3n) is 7.05. The molecule has 0 N–H and O–H groups in total. The monoisotopic (exact) mass is 496 g/mol. The summed E-state index contributed by atoms with van der Waals surface area (Å²) in [6.07, 6.45) is 0. The fourth-order valence-corrected chi connectivity index (χ4v) is 5.34. The van der Waals surface area contributed by atoms with Crippen LogP contribution in [0.25, 0.3) is 45.0 Å². The Morgan fingerprint density at radius 2 is 0.868 bits per heavy atom. The van der Waals surface area contributed by atoms with E-state index >= 15 is 0 Å². The van der Waals surface area contributed by atoms with E-state index < -0.39 is 0 Å². The van der Waals surface area contributed by atoms with Gasteiger partial charge in [0, 0.05) is 22.3 Å². The summed E-state index contributed by atoms with van der Waals surface area (Å²) in [4.78, 5) is 0. The van der Waals surface area contributed by atoms with Crippen molar-refractivity contribution in [1.29, 1.82) is 0 Å². The van der Waals surface area contributed by atoms with Crippen LogP contribution in [0.5, 0.6) is 11.5 Å². The van der Waals surface area contributed by atoms with Crippen LogP contribution in [-0.4, -0.2) is 30.0 Å². The summed E-state index contributed by atoms with van der Waals surface area (Å²) < 4.78 is 15.7. The van der Waals surface area contributed by atoms with E-state index in [2.05, 4.69) is 44.9 Å². The lowest BCUT2D eigenvalue weighted by atomic mass is 10.00. The molecule has 6 aromatic rings. The fourth-order valence-electron chi connectivity index (χ4n) is 5.34. The molecule has 0 bridgehead atoms. The molecule has 4 heterocycles. The van der Waals surface area contributed by atoms with Gasteiger partial charge in [0.05, 0.1) is 11.4 Å². The van der Waals surface area contributed by atoms with Gasteiger partial charge in [-0.1, -0.05) is 71.1 Å². The van der Waals surface area contributed by atoms with E-state index in [1.807, 2.05) is 82.2 Å². The molecule has 8 rings (SSSR count). The molecule has 182 valence electrons. The largest absolute Gasteiger partial charge is 0.486 e. The molecule has 0 fully saturated rings. The van der Waals surface area contributed by atoms with Gasteiger partial charge >= 0.3 is 0 Å². The second-order valence-corrected chi connectivity index (χ2v) is 9.20. The summed E-state index contributed by atoms with van der Waals surface area (Å²) in [6, 6.07) is 32.5. The van der Waals surface area contributed by atoms with Crippen LogP contribution in [0.15, 0.2) is 97.1 Å². The second kappa shape index (κ2) is 8.14. The van der Waals surface area contributed by atoms with Gasteiger partial charge in [0.2, 0.25) is 0 Å². The van der Waals surface area contributed by atoms with Gasteiger partial charge in [0.25, 0.3) is 0 Å². The van der Waals surface area contributed by atoms with Gasteiger partial charge in [-0.15, -0.1) is 10.2 Å². The molecule has 0 saturated carbocycles. The van der Waals surface area contributed by atoms with Crippen LogP contribution in [0.4, 0.5) is 0 Å². The molecule has 8 heteroatoms. The number of ether oxygens (including phenoxy) is 2. The molecule has 0 saturated heterocycles. The van der Waals surface area contributed by atoms with Gasteiger partial charge in [-0.2, -0.15) is 0 Å². The molecule has 0 spiro atoms. The molecule has 4 aromatic carbocycles. The maximum atomic E-state index is 5.92. The first kappa shape index (κ1) is 20.9. The van der Waals surface area contributed by atoms with Crippen molar-refractivity contribution in [3.63, 3.8) is 0 Å². The van der Waals surface area contributed by atoms with Crippen molar-refractivity contribution >= 4 is 0 Å². The van der Waals surface area contributed by atoms with Crippen LogP contribution < -0.4 is 9.47 Å². The van der Waals surface area contributed by atoms with Crippen molar-refractivity contribution < 1.29 is 9.47 Å². The Bertz CT molecular complexity index is 1720. The normalized spacial score (nSPS) is 12.9. The average Bonchev–Trinajstić information content (AvgIpc) is 3.62. The molecule has 0 amide bonds. The highest BCUT2D eigenvalue weighted by Crippen LogP contribution is 2.42. The minimum atomic E-state index is 0.387. The lowest BCUT2D eigenvalue weighted by Crippen LogP contribution is -2.10. The van der Waals surface area contributed by atoms with Gasteiger partial charge < -0.3 is 9.47 Å². The second-order valence-electron chi connectivity index (χ2n) is 9.20. The van der Waals surface area contributed by atoms with Gasteiger partial charge in [-0.05, 0) is 36.4 Å². The quantitative estimate of drug-likeness (QED) is 0.316. The zero-order valence-electron chi connectivity index (χ0n) is 20.2. The molecule has 2 aliphatic rings. The smallest absolute Gasteiger partial charge is 0.134 e. The standard InChI is InChI=1S/C30H20N6O2/c1-5-13-25(35-29-21-11-3-7-15-27(21)37-17-23(29)31-33-35)19(9-1)20-10-2-6-14-26(20)36-30-22-12-4-8-16-28(22)38-18-24(30)32-34-36/h1-16H,17-18H2. The van der Waals surface area contributed by atoms with Crippen molar-refractivity contribution in [2.75, 3.05) is 0 Å². The van der Waals surface area contributed by atoms with Crippen molar-refractivity contribution in [2.24, 2.45) is 0 Å². The molecule has 2 aromatic heterocycles. The van der Waals surface area contributed by atoms with Crippen molar-refractivity contribution in [3.05, 3.63) is 108 Å². The maximum Gasteiger partial charge on any atom is 0.134 e. The number of hydrogen-bond acceptors (Lipinski definition) is 6. The van der Waals surface area contributed by atoms with Crippen molar-refractivity contribution in [1.82, 2.24) is 30.0 Å². The average molecular weight is 497 g/mol. The van der Waals surface area contributed by atoms with E-state index in [4.69, 9.17) is 9.47 Å². The van der Waals surface area contributed by atoms with Gasteiger partial charge in [-0.3, -0.25) is 0 Å². The number of fused-ring (bicyclic) bond motifs is 6. The van der Waals surface area contributed by atoms with Crippen LogP contribution in [0.2, 0.25) is 0 Å². The van der Waals surface area contributed by atoms with E-state index in [9.17, 15) is 0 Å². The van der Waals surface area contributed by atoms with Gasteiger partial charge in [-0.25, -0.2) is 9.36 Å². The highest BCUT2D eigenvalue weighted by atomic mass is 16.5. The van der Waals surface area contributed by atoms with Crippen LogP contribution in [0, 0.1) is 0 Å². The first-order valence-electron chi connectivity index (χ1n) is 12.4. The lowest BCUT2D eigenvalue weighted by molar-refractivity contribution is 0.297. The summed E-state index contributed by atoms with van der Waals surface area (Å²) in [5.41, 5.74) is 9.32. The number of benzene rings is 4. The molecule has 38 heavy (non-hydrogen) atoms. The maximum absolute atomic E-state index is 5.92. The van der Waals surface area contributed by atoms with E-state index in [-0.39, 0.29) is 0 Å². The predicted octanol–water partition coefficient (Wildman–Crippen LogP) is 5.63. The Labute approximate surface area is 217 Å². The summed E-state index contributed by atoms with van der Waals surface area (Å²) >= 11 is 0. The molecule has 0 aliphatic carbocycles. The van der Waals surface area contributed by atoms with E-state index in [1.54, 1.807) is 0 Å². The third kappa shape index (κ3) is 3.03. The van der Waals surface area contributed by atoms with Gasteiger partial charge in [0.15, 0.2) is 0 Å². The third-order valence-corrected chi connectivity index (χ3v) is 7.05. The minimum absolute atomic E-state index is 0.387. The zero-order valence-corrected chi connectivity index (χ0v) is 20.2. The summed E-state index contributed by atoms with van der Waals surface area (Å²) in [6.45, 7) is 0.773. The fraction of sp³-hybridized carbons (Fsp3) is 0.0667. The Morgan fingerprint density at radius 1 is 0.474 bits per heavy atom. The van der Waals surface area contributed by atoms with E-state index in [0.29, 0.717) is 13.2 Å². The topological polar surface area (TPSA) is 79.9 Å². The summed E-state index contributed by atoms with van der Waals surface area (Å²) in [7, 11) is 0. The molecular weight excluding hydrogens is 476 g/mol. The first-order chi connectivity index (χ1) is 18.9. The van der Waals surface area contributed by atoms with Crippen molar-refractivity contribution in [2.45, 2.75) is 13.2 Å². The highest BCUT2D eigenvalue weighted by molar-refractivity contribution is 5.83. The molecule has 0 atom stereocenters. The number of aromatic nitrogens is 6. The number of rotatable bonds is 3. The Balaban J connectivity index is 1.33. The SMILES string of the molecule is c1ccc2c(c1)OCc1nnn(-c3ccccc3-c3ccccc3-n3nnc4c3-c3ccccc3OC4)c1-2. The molecule has 8 nitrogen and oxygen atoms in total. The minimum Gasteiger partial charge on any atom is -0.486 e. The van der Waals surface area contributed by atoms with Crippen LogP contribution in [-0.2, 0) is 13.2 Å². The summed E-state index contributed by atoms with van der Waals surface area (Å²) in [5, 5.41) is 18.1. The number of para-hydroxylation sites is 4. The predicted molar refractivity (Wildman–Crippen MR) is 141 cm³/mol. The van der Waals surface area contributed by atoms with Crippen LogP contribution >= 0.6 is 0 Å². The van der Waals surface area contributed by atoms with Crippen molar-refractivity contribution in [3.8, 4) is 56.5 Å². The summed E-state index contributed by atoms with van der Waals surface area (Å²) in [5.74, 6) is 1.66. The lowest BCUT2D eigenvalue weighted by Gasteiger charge is -2.21. The molecule has 2 aliphatic heterocycles.